The number of aromatic carboxylic acids is 1. The van der Waals surface area contributed by atoms with Gasteiger partial charge in [-0.3, -0.25) is 14.9 Å². The minimum atomic E-state index is -0.998. The molecule has 1 atom stereocenters. The minimum Gasteiger partial charge on any atom is -0.478 e. The molecule has 0 aromatic carbocycles. The molecule has 0 aliphatic carbocycles. The fourth-order valence-corrected chi connectivity index (χ4v) is 3.45. The number of piperidine rings is 1. The second-order valence-corrected chi connectivity index (χ2v) is 6.59. The lowest BCUT2D eigenvalue weighted by atomic mass is 10.1. The molecule has 1 aromatic heterocycles. The van der Waals surface area contributed by atoms with Crippen LogP contribution < -0.4 is 10.6 Å². The Morgan fingerprint density at radius 3 is 2.95 bits per heavy atom. The van der Waals surface area contributed by atoms with Crippen LogP contribution in [-0.4, -0.2) is 28.9 Å². The summed E-state index contributed by atoms with van der Waals surface area (Å²) >= 11 is 4.55. The number of carbonyl (C=O) groups excluding carboxylic acids is 2. The highest BCUT2D eigenvalue weighted by Gasteiger charge is 2.26. The lowest BCUT2D eigenvalue weighted by Crippen LogP contribution is -2.50. The van der Waals surface area contributed by atoms with Gasteiger partial charge in [0.25, 0.3) is 0 Å². The van der Waals surface area contributed by atoms with E-state index in [0.29, 0.717) is 17.7 Å². The summed E-state index contributed by atoms with van der Waals surface area (Å²) in [6.07, 6.45) is 0.725. The third kappa shape index (κ3) is 3.40. The van der Waals surface area contributed by atoms with Crippen LogP contribution >= 0.6 is 27.3 Å². The molecular weight excluding hydrogens is 336 g/mol. The fraction of sp³-hybridized carbons (Fsp3) is 0.364. The maximum absolute atomic E-state index is 11.5. The van der Waals surface area contributed by atoms with Crippen LogP contribution in [0.4, 0.5) is 0 Å². The number of carboxylic acids is 1. The van der Waals surface area contributed by atoms with E-state index in [-0.39, 0.29) is 23.9 Å². The van der Waals surface area contributed by atoms with Gasteiger partial charge < -0.3 is 10.4 Å². The molecule has 2 heterocycles. The largest absolute Gasteiger partial charge is 0.478 e. The van der Waals surface area contributed by atoms with Crippen molar-refractivity contribution in [2.75, 3.05) is 0 Å². The number of nitrogens with one attached hydrogen (secondary N) is 2. The van der Waals surface area contributed by atoms with E-state index in [1.807, 2.05) is 0 Å². The number of halogens is 1. The van der Waals surface area contributed by atoms with Crippen LogP contribution in [-0.2, 0) is 16.1 Å². The molecule has 8 heteroatoms. The minimum absolute atomic E-state index is 0.219. The van der Waals surface area contributed by atoms with Crippen LogP contribution in [0.3, 0.4) is 0 Å². The van der Waals surface area contributed by atoms with E-state index in [0.717, 1.165) is 3.79 Å². The van der Waals surface area contributed by atoms with Gasteiger partial charge in [-0.05, 0) is 28.4 Å². The number of hydrogen-bond acceptors (Lipinski definition) is 5. The van der Waals surface area contributed by atoms with Crippen LogP contribution in [0.2, 0.25) is 0 Å². The lowest BCUT2D eigenvalue weighted by molar-refractivity contribution is -0.134. The van der Waals surface area contributed by atoms with Crippen LogP contribution in [0.5, 0.6) is 0 Å². The first-order valence-electron chi connectivity index (χ1n) is 5.56. The molecule has 0 radical (unpaired) electrons. The smallest absolute Gasteiger partial charge is 0.336 e. The third-order valence-electron chi connectivity index (χ3n) is 2.76. The van der Waals surface area contributed by atoms with E-state index in [1.54, 1.807) is 0 Å². The number of imide groups is 1. The van der Waals surface area contributed by atoms with Crippen molar-refractivity contribution in [3.05, 3.63) is 20.3 Å². The Balaban J connectivity index is 2.01. The van der Waals surface area contributed by atoms with Gasteiger partial charge in [0, 0.05) is 17.8 Å². The van der Waals surface area contributed by atoms with Crippen molar-refractivity contribution >= 4 is 45.1 Å². The molecule has 6 nitrogen and oxygen atoms in total. The summed E-state index contributed by atoms with van der Waals surface area (Å²) in [4.78, 5) is 34.2. The Bertz CT molecular complexity index is 543. The Morgan fingerprint density at radius 2 is 2.32 bits per heavy atom. The van der Waals surface area contributed by atoms with E-state index in [1.165, 1.54) is 17.4 Å². The highest BCUT2D eigenvalue weighted by atomic mass is 79.9. The molecule has 1 aliphatic rings. The average Bonchev–Trinajstić information content (AvgIpc) is 2.69. The van der Waals surface area contributed by atoms with Gasteiger partial charge in [-0.1, -0.05) is 0 Å². The Morgan fingerprint density at radius 1 is 1.58 bits per heavy atom. The molecule has 2 amide bonds. The number of rotatable bonds is 4. The quantitative estimate of drug-likeness (QED) is 0.709. The maximum atomic E-state index is 11.5. The molecular formula is C11H11BrN2O4S. The molecule has 3 N–H and O–H groups in total. The van der Waals surface area contributed by atoms with Crippen molar-refractivity contribution in [3.63, 3.8) is 0 Å². The standard InChI is InChI=1S/C11H11BrN2O4S/c12-8-3-5(11(17)18)7(19-8)4-13-6-1-2-9(15)14-10(6)16/h3,6,13H,1-2,4H2,(H,17,18)(H,14,15,16). The van der Waals surface area contributed by atoms with Gasteiger partial charge in [0.1, 0.15) is 0 Å². The zero-order valence-electron chi connectivity index (χ0n) is 9.73. The van der Waals surface area contributed by atoms with Crippen molar-refractivity contribution in [3.8, 4) is 0 Å². The summed E-state index contributed by atoms with van der Waals surface area (Å²) in [5.41, 5.74) is 0.219. The first kappa shape index (κ1) is 14.2. The predicted molar refractivity (Wildman–Crippen MR) is 72.0 cm³/mol. The van der Waals surface area contributed by atoms with Crippen LogP contribution in [0.1, 0.15) is 28.1 Å². The molecule has 19 heavy (non-hydrogen) atoms. The normalized spacial score (nSPS) is 19.3. The molecule has 0 spiro atoms. The van der Waals surface area contributed by atoms with E-state index in [4.69, 9.17) is 5.11 Å². The summed E-state index contributed by atoms with van der Waals surface area (Å²) < 4.78 is 0.727. The molecule has 102 valence electrons. The molecule has 1 aliphatic heterocycles. The van der Waals surface area contributed by atoms with Crippen LogP contribution in [0.25, 0.3) is 0 Å². The zero-order chi connectivity index (χ0) is 14.0. The molecule has 0 saturated carbocycles. The van der Waals surface area contributed by atoms with Gasteiger partial charge in [-0.2, -0.15) is 0 Å². The second kappa shape index (κ2) is 5.81. The molecule has 1 saturated heterocycles. The number of amides is 2. The summed E-state index contributed by atoms with van der Waals surface area (Å²) in [7, 11) is 0. The average molecular weight is 347 g/mol. The number of hydrogen-bond donors (Lipinski definition) is 3. The Kier molecular flexibility index (Phi) is 4.33. The van der Waals surface area contributed by atoms with Gasteiger partial charge in [0.2, 0.25) is 11.8 Å². The van der Waals surface area contributed by atoms with Gasteiger partial charge in [-0.15, -0.1) is 11.3 Å². The molecule has 0 bridgehead atoms. The second-order valence-electron chi connectivity index (χ2n) is 4.08. The molecule has 1 aromatic rings. The molecule has 1 fully saturated rings. The van der Waals surface area contributed by atoms with Crippen molar-refractivity contribution < 1.29 is 19.5 Å². The van der Waals surface area contributed by atoms with E-state index in [2.05, 4.69) is 26.6 Å². The van der Waals surface area contributed by atoms with Crippen LogP contribution in [0, 0.1) is 0 Å². The highest BCUT2D eigenvalue weighted by Crippen LogP contribution is 2.27. The van der Waals surface area contributed by atoms with E-state index in [9.17, 15) is 14.4 Å². The van der Waals surface area contributed by atoms with Gasteiger partial charge in [-0.25, -0.2) is 4.79 Å². The summed E-state index contributed by atoms with van der Waals surface area (Å²) in [6, 6.07) is 1.08. The SMILES string of the molecule is O=C1CCC(NCc2sc(Br)cc2C(=O)O)C(=O)N1. The first-order chi connectivity index (χ1) is 8.97. The zero-order valence-corrected chi connectivity index (χ0v) is 12.1. The van der Waals surface area contributed by atoms with Crippen molar-refractivity contribution in [1.29, 1.82) is 0 Å². The van der Waals surface area contributed by atoms with Gasteiger partial charge >= 0.3 is 5.97 Å². The van der Waals surface area contributed by atoms with Gasteiger partial charge in [0.05, 0.1) is 15.4 Å². The molecule has 1 unspecified atom stereocenters. The Labute approximate surface area is 121 Å². The summed E-state index contributed by atoms with van der Waals surface area (Å²) in [5.74, 6) is -1.63. The fourth-order valence-electron chi connectivity index (χ4n) is 1.81. The lowest BCUT2D eigenvalue weighted by Gasteiger charge is -2.21. The molecule has 2 rings (SSSR count). The van der Waals surface area contributed by atoms with Crippen molar-refractivity contribution in [2.24, 2.45) is 0 Å². The van der Waals surface area contributed by atoms with Gasteiger partial charge in [0.15, 0.2) is 0 Å². The van der Waals surface area contributed by atoms with Crippen molar-refractivity contribution in [2.45, 2.75) is 25.4 Å². The summed E-state index contributed by atoms with van der Waals surface area (Å²) in [5, 5.41) is 14.3. The topological polar surface area (TPSA) is 95.5 Å². The number of carbonyl (C=O) groups is 3. The Hall–Kier alpha value is -1.25. The first-order valence-corrected chi connectivity index (χ1v) is 7.17. The third-order valence-corrected chi connectivity index (χ3v) is 4.40. The summed E-state index contributed by atoms with van der Waals surface area (Å²) in [6.45, 7) is 0.282. The predicted octanol–water partition coefficient (Wildman–Crippen LogP) is 1.10. The van der Waals surface area contributed by atoms with Crippen LogP contribution in [0.15, 0.2) is 9.85 Å². The van der Waals surface area contributed by atoms with Crippen molar-refractivity contribution in [1.82, 2.24) is 10.6 Å². The van der Waals surface area contributed by atoms with E-state index >= 15 is 0 Å². The monoisotopic (exact) mass is 346 g/mol. The number of thiophene rings is 1. The number of carboxylic acid groups (broad SMARTS) is 1. The maximum Gasteiger partial charge on any atom is 0.336 e. The van der Waals surface area contributed by atoms with E-state index < -0.39 is 12.0 Å². The highest BCUT2D eigenvalue weighted by molar-refractivity contribution is 9.11.